The Labute approximate surface area is 167 Å². The number of hydrogen-bond donors (Lipinski definition) is 2. The van der Waals surface area contributed by atoms with Crippen molar-refractivity contribution in [2.75, 3.05) is 38.3 Å². The Hall–Kier alpha value is -3.13. The molecule has 0 amide bonds. The first kappa shape index (κ1) is 19.2. The van der Waals surface area contributed by atoms with E-state index in [9.17, 15) is 19.8 Å². The zero-order chi connectivity index (χ0) is 20.6. The Balaban J connectivity index is 1.73. The molecule has 0 radical (unpaired) electrons. The van der Waals surface area contributed by atoms with Gasteiger partial charge in [-0.25, -0.2) is 9.78 Å². The van der Waals surface area contributed by atoms with Gasteiger partial charge in [0.15, 0.2) is 0 Å². The molecule has 0 spiro atoms. The number of carboxylic acids is 2. The fourth-order valence-corrected chi connectivity index (χ4v) is 4.23. The van der Waals surface area contributed by atoms with Gasteiger partial charge in [-0.3, -0.25) is 4.79 Å². The molecule has 1 aromatic heterocycles. The van der Waals surface area contributed by atoms with E-state index in [1.54, 1.807) is 18.1 Å². The summed E-state index contributed by atoms with van der Waals surface area (Å²) in [5, 5.41) is 19.5. The van der Waals surface area contributed by atoms with E-state index < -0.39 is 17.4 Å². The number of rotatable bonds is 5. The summed E-state index contributed by atoms with van der Waals surface area (Å²) in [4.78, 5) is 30.3. The highest BCUT2D eigenvalue weighted by molar-refractivity contribution is 5.94. The number of methoxy groups -OCH3 is 1. The number of pyridine rings is 1. The molecule has 3 heterocycles. The van der Waals surface area contributed by atoms with Crippen molar-refractivity contribution in [2.24, 2.45) is 11.3 Å². The first-order chi connectivity index (χ1) is 13.9. The van der Waals surface area contributed by atoms with E-state index in [4.69, 9.17) is 9.47 Å². The van der Waals surface area contributed by atoms with Gasteiger partial charge in [0.05, 0.1) is 19.4 Å². The molecule has 2 saturated heterocycles. The maximum atomic E-state index is 12.0. The molecular formula is C21H22N2O6. The molecule has 29 heavy (non-hydrogen) atoms. The van der Waals surface area contributed by atoms with Gasteiger partial charge in [0.1, 0.15) is 22.5 Å². The number of carbonyl (C=O) groups is 2. The van der Waals surface area contributed by atoms with Crippen molar-refractivity contribution in [2.45, 2.75) is 6.42 Å². The number of carboxylic acid groups (broad SMARTS) is 2. The van der Waals surface area contributed by atoms with E-state index in [0.717, 1.165) is 5.56 Å². The van der Waals surface area contributed by atoms with Crippen molar-refractivity contribution >= 4 is 17.8 Å². The largest absolute Gasteiger partial charge is 0.497 e. The van der Waals surface area contributed by atoms with Crippen LogP contribution in [-0.2, 0) is 9.53 Å². The summed E-state index contributed by atoms with van der Waals surface area (Å²) in [6, 6.07) is 10.5. The van der Waals surface area contributed by atoms with E-state index >= 15 is 0 Å². The van der Waals surface area contributed by atoms with Gasteiger partial charge in [0.2, 0.25) is 0 Å². The molecule has 2 aliphatic heterocycles. The Kier molecular flexibility index (Phi) is 4.87. The SMILES string of the molecule is COc1ccc(-c2ccc(C(=O)O)c(N3C[C@@H]4CCOC[C@]4(C(=O)O)C3)n2)cc1. The van der Waals surface area contributed by atoms with Crippen LogP contribution in [0.25, 0.3) is 11.3 Å². The third-order valence-corrected chi connectivity index (χ3v) is 5.88. The number of anilines is 1. The van der Waals surface area contributed by atoms with Crippen LogP contribution < -0.4 is 9.64 Å². The number of nitrogens with zero attached hydrogens (tertiary/aromatic N) is 2. The molecule has 0 unspecified atom stereocenters. The van der Waals surface area contributed by atoms with Crippen LogP contribution in [0.3, 0.4) is 0 Å². The Morgan fingerprint density at radius 1 is 1.21 bits per heavy atom. The summed E-state index contributed by atoms with van der Waals surface area (Å²) in [5.74, 6) is -1.11. The van der Waals surface area contributed by atoms with Gasteiger partial charge in [0.25, 0.3) is 0 Å². The predicted molar refractivity (Wildman–Crippen MR) is 104 cm³/mol. The maximum Gasteiger partial charge on any atom is 0.339 e. The van der Waals surface area contributed by atoms with Crippen LogP contribution in [0, 0.1) is 11.3 Å². The third-order valence-electron chi connectivity index (χ3n) is 5.88. The van der Waals surface area contributed by atoms with Gasteiger partial charge < -0.3 is 24.6 Å². The van der Waals surface area contributed by atoms with Gasteiger partial charge in [0, 0.05) is 25.3 Å². The highest BCUT2D eigenvalue weighted by Gasteiger charge is 2.54. The number of hydrogen-bond acceptors (Lipinski definition) is 6. The monoisotopic (exact) mass is 398 g/mol. The zero-order valence-corrected chi connectivity index (χ0v) is 16.0. The van der Waals surface area contributed by atoms with Crippen molar-refractivity contribution in [1.29, 1.82) is 0 Å². The minimum Gasteiger partial charge on any atom is -0.497 e. The Morgan fingerprint density at radius 3 is 2.59 bits per heavy atom. The van der Waals surface area contributed by atoms with Gasteiger partial charge in [-0.15, -0.1) is 0 Å². The summed E-state index contributed by atoms with van der Waals surface area (Å²) in [6.45, 7) is 1.25. The first-order valence-corrected chi connectivity index (χ1v) is 9.39. The van der Waals surface area contributed by atoms with Crippen LogP contribution >= 0.6 is 0 Å². The minimum atomic E-state index is -1.09. The van der Waals surface area contributed by atoms with Crippen molar-refractivity contribution < 1.29 is 29.3 Å². The van der Waals surface area contributed by atoms with Crippen LogP contribution in [0.5, 0.6) is 5.75 Å². The van der Waals surface area contributed by atoms with E-state index in [1.165, 1.54) is 6.07 Å². The molecule has 0 saturated carbocycles. The number of aromatic carboxylic acids is 1. The molecule has 1 aromatic carbocycles. The van der Waals surface area contributed by atoms with Crippen molar-refractivity contribution in [3.05, 3.63) is 42.0 Å². The normalized spacial score (nSPS) is 23.5. The second kappa shape index (κ2) is 7.36. The molecular weight excluding hydrogens is 376 g/mol. The van der Waals surface area contributed by atoms with Gasteiger partial charge in [-0.05, 0) is 48.7 Å². The predicted octanol–water partition coefficient (Wildman–Crippen LogP) is 2.38. The molecule has 2 aliphatic rings. The standard InChI is InChI=1S/C21H22N2O6/c1-28-15-4-2-13(3-5-15)17-7-6-16(19(24)25)18(22-17)23-10-14-8-9-29-12-21(14,11-23)20(26)27/h2-7,14H,8-12H2,1H3,(H,24,25)(H,26,27)/t14-,21+/m0/s1. The van der Waals surface area contributed by atoms with Gasteiger partial charge >= 0.3 is 11.9 Å². The summed E-state index contributed by atoms with van der Waals surface area (Å²) < 4.78 is 10.6. The van der Waals surface area contributed by atoms with Gasteiger partial charge in [-0.1, -0.05) is 0 Å². The van der Waals surface area contributed by atoms with E-state index in [1.807, 2.05) is 24.3 Å². The molecule has 0 bridgehead atoms. The van der Waals surface area contributed by atoms with Crippen LogP contribution in [-0.4, -0.2) is 60.5 Å². The summed E-state index contributed by atoms with van der Waals surface area (Å²) >= 11 is 0. The smallest absolute Gasteiger partial charge is 0.339 e. The summed E-state index contributed by atoms with van der Waals surface area (Å²) in [5.41, 5.74) is 0.452. The second-order valence-corrected chi connectivity index (χ2v) is 7.48. The van der Waals surface area contributed by atoms with E-state index in [0.29, 0.717) is 36.8 Å². The molecule has 2 atom stereocenters. The van der Waals surface area contributed by atoms with Crippen molar-refractivity contribution in [3.8, 4) is 17.0 Å². The lowest BCUT2D eigenvalue weighted by Gasteiger charge is -2.33. The first-order valence-electron chi connectivity index (χ1n) is 9.39. The van der Waals surface area contributed by atoms with Crippen LogP contribution in [0.15, 0.2) is 36.4 Å². The number of ether oxygens (including phenoxy) is 2. The average molecular weight is 398 g/mol. The van der Waals surface area contributed by atoms with Crippen molar-refractivity contribution in [1.82, 2.24) is 4.98 Å². The number of benzene rings is 1. The number of aromatic nitrogens is 1. The van der Waals surface area contributed by atoms with E-state index in [2.05, 4.69) is 4.98 Å². The molecule has 2 aromatic rings. The van der Waals surface area contributed by atoms with Gasteiger partial charge in [-0.2, -0.15) is 0 Å². The second-order valence-electron chi connectivity index (χ2n) is 7.48. The summed E-state index contributed by atoms with van der Waals surface area (Å²) in [7, 11) is 1.59. The van der Waals surface area contributed by atoms with Crippen LogP contribution in [0.4, 0.5) is 5.82 Å². The summed E-state index contributed by atoms with van der Waals surface area (Å²) in [6.07, 6.45) is 0.628. The highest BCUT2D eigenvalue weighted by atomic mass is 16.5. The lowest BCUT2D eigenvalue weighted by Crippen LogP contribution is -2.46. The molecule has 2 N–H and O–H groups in total. The lowest BCUT2D eigenvalue weighted by molar-refractivity contribution is -0.159. The molecule has 0 aliphatic carbocycles. The quantitative estimate of drug-likeness (QED) is 0.790. The van der Waals surface area contributed by atoms with Crippen LogP contribution in [0.1, 0.15) is 16.8 Å². The van der Waals surface area contributed by atoms with Crippen LogP contribution in [0.2, 0.25) is 0 Å². The number of aliphatic carboxylic acids is 1. The van der Waals surface area contributed by atoms with E-state index in [-0.39, 0.29) is 24.6 Å². The van der Waals surface area contributed by atoms with Crippen molar-refractivity contribution in [3.63, 3.8) is 0 Å². The number of fused-ring (bicyclic) bond motifs is 1. The highest BCUT2D eigenvalue weighted by Crippen LogP contribution is 2.43. The lowest BCUT2D eigenvalue weighted by atomic mass is 9.76. The Bertz CT molecular complexity index is 945. The third kappa shape index (κ3) is 3.29. The Morgan fingerprint density at radius 2 is 1.97 bits per heavy atom. The molecule has 4 rings (SSSR count). The topological polar surface area (TPSA) is 109 Å². The maximum absolute atomic E-state index is 12.0. The fourth-order valence-electron chi connectivity index (χ4n) is 4.23. The zero-order valence-electron chi connectivity index (χ0n) is 16.0. The molecule has 152 valence electrons. The molecule has 8 nitrogen and oxygen atoms in total. The molecule has 2 fully saturated rings. The fraction of sp³-hybridized carbons (Fsp3) is 0.381. The average Bonchev–Trinajstić information content (AvgIpc) is 3.14. The molecule has 8 heteroatoms. The minimum absolute atomic E-state index is 0.0577.